The molecule has 0 aliphatic carbocycles. The standard InChI is InChI=1S/C12H16F2N2O3S/c1-2-3-4-5-16-12(17)8-6-11(20(15,18)19)10(14)7-9(8)13/h6-7H,2-5H2,1H3,(H,16,17)(H2,15,18,19). The van der Waals surface area contributed by atoms with Crippen LogP contribution in [0.25, 0.3) is 0 Å². The van der Waals surface area contributed by atoms with Crippen molar-refractivity contribution >= 4 is 15.9 Å². The summed E-state index contributed by atoms with van der Waals surface area (Å²) in [5, 5.41) is 7.23. The number of nitrogens with two attached hydrogens (primary N) is 1. The molecule has 1 rings (SSSR count). The summed E-state index contributed by atoms with van der Waals surface area (Å²) < 4.78 is 49.1. The molecule has 5 nitrogen and oxygen atoms in total. The number of unbranched alkanes of at least 4 members (excludes halogenated alkanes) is 2. The maximum atomic E-state index is 13.5. The van der Waals surface area contributed by atoms with Crippen LogP contribution in [0.2, 0.25) is 0 Å². The lowest BCUT2D eigenvalue weighted by atomic mass is 10.2. The van der Waals surface area contributed by atoms with E-state index in [1.165, 1.54) is 0 Å². The number of primary sulfonamides is 1. The molecule has 0 heterocycles. The normalized spacial score (nSPS) is 11.4. The van der Waals surface area contributed by atoms with E-state index in [1.807, 2.05) is 6.92 Å². The van der Waals surface area contributed by atoms with Crippen LogP contribution in [0.1, 0.15) is 36.5 Å². The number of carbonyl (C=O) groups is 1. The second kappa shape index (κ2) is 6.76. The first-order valence-corrected chi connectivity index (χ1v) is 7.62. The lowest BCUT2D eigenvalue weighted by Crippen LogP contribution is -2.26. The molecule has 1 aromatic rings. The highest BCUT2D eigenvalue weighted by Gasteiger charge is 2.21. The van der Waals surface area contributed by atoms with Gasteiger partial charge in [0.25, 0.3) is 5.91 Å². The van der Waals surface area contributed by atoms with E-state index in [9.17, 15) is 22.0 Å². The van der Waals surface area contributed by atoms with Crippen LogP contribution in [0, 0.1) is 11.6 Å². The van der Waals surface area contributed by atoms with Gasteiger partial charge in [0.1, 0.15) is 16.5 Å². The Bertz CT molecular complexity index is 603. The third-order valence-corrected chi connectivity index (χ3v) is 3.56. The summed E-state index contributed by atoms with van der Waals surface area (Å²) >= 11 is 0. The Hall–Kier alpha value is -1.54. The predicted octanol–water partition coefficient (Wildman–Crippen LogP) is 1.53. The molecule has 1 amide bonds. The largest absolute Gasteiger partial charge is 0.352 e. The van der Waals surface area contributed by atoms with Crippen molar-refractivity contribution in [2.75, 3.05) is 6.54 Å². The van der Waals surface area contributed by atoms with Gasteiger partial charge in [-0.15, -0.1) is 0 Å². The van der Waals surface area contributed by atoms with Gasteiger partial charge in [0.05, 0.1) is 5.56 Å². The highest BCUT2D eigenvalue weighted by atomic mass is 32.2. The second-order valence-electron chi connectivity index (χ2n) is 4.27. The molecule has 0 aromatic heterocycles. The fourth-order valence-corrected chi connectivity index (χ4v) is 2.21. The average molecular weight is 306 g/mol. The quantitative estimate of drug-likeness (QED) is 0.781. The van der Waals surface area contributed by atoms with Crippen LogP contribution in [-0.2, 0) is 10.0 Å². The lowest BCUT2D eigenvalue weighted by molar-refractivity contribution is 0.0948. The zero-order valence-electron chi connectivity index (χ0n) is 10.9. The molecule has 0 atom stereocenters. The van der Waals surface area contributed by atoms with E-state index in [1.54, 1.807) is 0 Å². The van der Waals surface area contributed by atoms with Crippen molar-refractivity contribution in [3.05, 3.63) is 29.3 Å². The zero-order valence-corrected chi connectivity index (χ0v) is 11.8. The Kier molecular flexibility index (Phi) is 5.58. The third kappa shape index (κ3) is 4.24. The average Bonchev–Trinajstić information content (AvgIpc) is 2.32. The van der Waals surface area contributed by atoms with E-state index >= 15 is 0 Å². The highest BCUT2D eigenvalue weighted by molar-refractivity contribution is 7.89. The van der Waals surface area contributed by atoms with Crippen molar-refractivity contribution in [2.24, 2.45) is 5.14 Å². The number of benzene rings is 1. The SMILES string of the molecule is CCCCCNC(=O)c1cc(S(N)(=O)=O)c(F)cc1F. The fourth-order valence-electron chi connectivity index (χ4n) is 1.59. The summed E-state index contributed by atoms with van der Waals surface area (Å²) in [7, 11) is -4.36. The van der Waals surface area contributed by atoms with E-state index in [2.05, 4.69) is 5.32 Å². The molecule has 0 aliphatic heterocycles. The Labute approximate surface area is 116 Å². The maximum absolute atomic E-state index is 13.5. The molecule has 112 valence electrons. The molecule has 20 heavy (non-hydrogen) atoms. The van der Waals surface area contributed by atoms with E-state index < -0.39 is 38.0 Å². The minimum atomic E-state index is -4.36. The molecule has 0 unspecified atom stereocenters. The van der Waals surface area contributed by atoms with E-state index in [0.29, 0.717) is 25.1 Å². The highest BCUT2D eigenvalue weighted by Crippen LogP contribution is 2.18. The van der Waals surface area contributed by atoms with E-state index in [0.717, 1.165) is 12.8 Å². The number of halogens is 2. The molecular formula is C12H16F2N2O3S. The monoisotopic (exact) mass is 306 g/mol. The zero-order chi connectivity index (χ0) is 15.3. The van der Waals surface area contributed by atoms with Crippen LogP contribution >= 0.6 is 0 Å². The van der Waals surface area contributed by atoms with Crippen LogP contribution in [0.4, 0.5) is 8.78 Å². The van der Waals surface area contributed by atoms with Crippen molar-refractivity contribution in [2.45, 2.75) is 31.1 Å². The van der Waals surface area contributed by atoms with Gasteiger partial charge in [-0.3, -0.25) is 4.79 Å². The summed E-state index contributed by atoms with van der Waals surface area (Å²) in [5.74, 6) is -3.26. The smallest absolute Gasteiger partial charge is 0.254 e. The minimum Gasteiger partial charge on any atom is -0.352 e. The first kappa shape index (κ1) is 16.5. The van der Waals surface area contributed by atoms with Crippen molar-refractivity contribution in [1.29, 1.82) is 0 Å². The van der Waals surface area contributed by atoms with Crippen molar-refractivity contribution in [3.63, 3.8) is 0 Å². The minimum absolute atomic E-state index is 0.328. The van der Waals surface area contributed by atoms with Gasteiger partial charge in [-0.25, -0.2) is 22.3 Å². The predicted molar refractivity (Wildman–Crippen MR) is 69.6 cm³/mol. The van der Waals surface area contributed by atoms with Gasteiger partial charge >= 0.3 is 0 Å². The van der Waals surface area contributed by atoms with Gasteiger partial charge in [0.2, 0.25) is 10.0 Å². The van der Waals surface area contributed by atoms with Gasteiger partial charge in [-0.2, -0.15) is 0 Å². The van der Waals surface area contributed by atoms with Crippen molar-refractivity contribution in [1.82, 2.24) is 5.32 Å². The summed E-state index contributed by atoms with van der Waals surface area (Å²) in [6, 6.07) is 0.940. The molecule has 8 heteroatoms. The number of nitrogens with one attached hydrogen (secondary N) is 1. The number of rotatable bonds is 6. The summed E-state index contributed by atoms with van der Waals surface area (Å²) in [4.78, 5) is 10.8. The van der Waals surface area contributed by atoms with Gasteiger partial charge in [-0.05, 0) is 12.5 Å². The van der Waals surface area contributed by atoms with Gasteiger partial charge in [0.15, 0.2) is 0 Å². The Morgan fingerprint density at radius 3 is 2.45 bits per heavy atom. The number of hydrogen-bond donors (Lipinski definition) is 2. The maximum Gasteiger partial charge on any atom is 0.254 e. The van der Waals surface area contributed by atoms with Crippen molar-refractivity contribution < 1.29 is 22.0 Å². The van der Waals surface area contributed by atoms with Crippen LogP contribution < -0.4 is 10.5 Å². The fraction of sp³-hybridized carbons (Fsp3) is 0.417. The molecule has 1 aromatic carbocycles. The van der Waals surface area contributed by atoms with Crippen LogP contribution in [0.5, 0.6) is 0 Å². The summed E-state index contributed by atoms with van der Waals surface area (Å²) in [6.07, 6.45) is 2.57. The summed E-state index contributed by atoms with van der Waals surface area (Å²) in [5.41, 5.74) is -0.549. The lowest BCUT2D eigenvalue weighted by Gasteiger charge is -2.08. The molecule has 3 N–H and O–H groups in total. The van der Waals surface area contributed by atoms with Crippen molar-refractivity contribution in [3.8, 4) is 0 Å². The molecule has 0 radical (unpaired) electrons. The van der Waals surface area contributed by atoms with Gasteiger partial charge < -0.3 is 5.32 Å². The third-order valence-electron chi connectivity index (χ3n) is 2.64. The number of amides is 1. The Morgan fingerprint density at radius 1 is 1.25 bits per heavy atom. The molecule has 0 saturated heterocycles. The summed E-state index contributed by atoms with van der Waals surface area (Å²) in [6.45, 7) is 2.31. The Morgan fingerprint density at radius 2 is 1.90 bits per heavy atom. The molecular weight excluding hydrogens is 290 g/mol. The molecule has 0 aliphatic rings. The molecule has 0 bridgehead atoms. The Balaban J connectivity index is 2.98. The number of carbonyl (C=O) groups excluding carboxylic acids is 1. The van der Waals surface area contributed by atoms with Crippen LogP contribution in [0.3, 0.4) is 0 Å². The van der Waals surface area contributed by atoms with E-state index in [-0.39, 0.29) is 0 Å². The second-order valence-corrected chi connectivity index (χ2v) is 5.80. The first-order chi connectivity index (χ1) is 9.27. The first-order valence-electron chi connectivity index (χ1n) is 6.07. The van der Waals surface area contributed by atoms with Gasteiger partial charge in [-0.1, -0.05) is 19.8 Å². The molecule has 0 fully saturated rings. The number of sulfonamides is 1. The van der Waals surface area contributed by atoms with Crippen LogP contribution in [0.15, 0.2) is 17.0 Å². The molecule has 0 saturated carbocycles. The molecule has 0 spiro atoms. The van der Waals surface area contributed by atoms with E-state index in [4.69, 9.17) is 5.14 Å². The topological polar surface area (TPSA) is 89.3 Å². The van der Waals surface area contributed by atoms with Gasteiger partial charge in [0, 0.05) is 12.6 Å². The van der Waals surface area contributed by atoms with Crippen LogP contribution in [-0.4, -0.2) is 20.9 Å². The number of hydrogen-bond acceptors (Lipinski definition) is 3.